The molecule has 1 N–H and O–H groups in total. The van der Waals surface area contributed by atoms with Crippen LogP contribution in [0, 0.1) is 10.1 Å². The number of hydrogen-bond donors (Lipinski definition) is 1. The van der Waals surface area contributed by atoms with Crippen molar-refractivity contribution < 1.29 is 24.0 Å². The molecule has 1 fully saturated rings. The van der Waals surface area contributed by atoms with Crippen LogP contribution >= 0.6 is 0 Å². The van der Waals surface area contributed by atoms with E-state index < -0.39 is 22.5 Å². The van der Waals surface area contributed by atoms with Crippen LogP contribution in [0.4, 0.5) is 10.5 Å². The van der Waals surface area contributed by atoms with Crippen LogP contribution in [0.1, 0.15) is 44.0 Å². The van der Waals surface area contributed by atoms with Crippen LogP contribution < -0.4 is 10.1 Å². The van der Waals surface area contributed by atoms with E-state index in [1.165, 1.54) is 25.3 Å². The minimum Gasteiger partial charge on any atom is -0.497 e. The monoisotopic (exact) mass is 379 g/mol. The van der Waals surface area contributed by atoms with Gasteiger partial charge in [0.25, 0.3) is 11.6 Å². The van der Waals surface area contributed by atoms with Crippen LogP contribution in [-0.4, -0.2) is 53.7 Å². The number of ether oxygens (including phenoxy) is 2. The Balaban J connectivity index is 2.07. The summed E-state index contributed by atoms with van der Waals surface area (Å²) in [5, 5.41) is 14.0. The van der Waals surface area contributed by atoms with Gasteiger partial charge in [-0.05, 0) is 45.7 Å². The Labute approximate surface area is 157 Å². The summed E-state index contributed by atoms with van der Waals surface area (Å²) in [6.45, 7) is 6.21. The second-order valence-corrected chi connectivity index (χ2v) is 7.38. The standard InChI is InChI=1S/C18H25N3O6/c1-18(2,3)27-17(23)20-9-5-6-12(11-20)19-16(22)14-8-7-13(26-4)10-15(14)21(24)25/h7-8,10,12H,5-6,9,11H2,1-4H3,(H,19,22). The zero-order valence-electron chi connectivity index (χ0n) is 16.0. The number of nitrogens with zero attached hydrogens (tertiary/aromatic N) is 2. The Morgan fingerprint density at radius 2 is 2.04 bits per heavy atom. The van der Waals surface area contributed by atoms with Crippen molar-refractivity contribution in [3.63, 3.8) is 0 Å². The molecule has 27 heavy (non-hydrogen) atoms. The van der Waals surface area contributed by atoms with Crippen molar-refractivity contribution in [3.05, 3.63) is 33.9 Å². The van der Waals surface area contributed by atoms with Gasteiger partial charge in [-0.25, -0.2) is 4.79 Å². The number of piperidine rings is 1. The topological polar surface area (TPSA) is 111 Å². The number of benzene rings is 1. The number of carbonyl (C=O) groups excluding carboxylic acids is 2. The fraction of sp³-hybridized carbons (Fsp3) is 0.556. The molecule has 0 saturated carbocycles. The molecule has 1 aliphatic rings. The lowest BCUT2D eigenvalue weighted by molar-refractivity contribution is -0.385. The van der Waals surface area contributed by atoms with Crippen molar-refractivity contribution in [3.8, 4) is 5.75 Å². The smallest absolute Gasteiger partial charge is 0.410 e. The zero-order chi connectivity index (χ0) is 20.2. The molecule has 1 unspecified atom stereocenters. The Morgan fingerprint density at radius 1 is 1.33 bits per heavy atom. The van der Waals surface area contributed by atoms with Gasteiger partial charge in [-0.3, -0.25) is 14.9 Å². The van der Waals surface area contributed by atoms with Crippen molar-refractivity contribution in [1.82, 2.24) is 10.2 Å². The lowest BCUT2D eigenvalue weighted by atomic mass is 10.0. The first-order chi connectivity index (χ1) is 12.6. The maximum Gasteiger partial charge on any atom is 0.410 e. The highest BCUT2D eigenvalue weighted by molar-refractivity contribution is 5.98. The number of amides is 2. The van der Waals surface area contributed by atoms with Crippen LogP contribution in [-0.2, 0) is 4.74 Å². The molecule has 0 radical (unpaired) electrons. The van der Waals surface area contributed by atoms with E-state index in [4.69, 9.17) is 9.47 Å². The van der Waals surface area contributed by atoms with E-state index in [1.807, 2.05) is 0 Å². The summed E-state index contributed by atoms with van der Waals surface area (Å²) in [5.41, 5.74) is -0.974. The van der Waals surface area contributed by atoms with Crippen molar-refractivity contribution >= 4 is 17.7 Å². The van der Waals surface area contributed by atoms with Crippen LogP contribution in [0.5, 0.6) is 5.75 Å². The van der Waals surface area contributed by atoms with Crippen LogP contribution in [0.15, 0.2) is 18.2 Å². The summed E-state index contributed by atoms with van der Waals surface area (Å²) in [6, 6.07) is 3.76. The predicted octanol–water partition coefficient (Wildman–Crippen LogP) is 2.73. The van der Waals surface area contributed by atoms with E-state index in [1.54, 1.807) is 25.7 Å². The molecule has 1 saturated heterocycles. The van der Waals surface area contributed by atoms with Gasteiger partial charge in [0.1, 0.15) is 16.9 Å². The van der Waals surface area contributed by atoms with E-state index in [2.05, 4.69) is 5.32 Å². The molecule has 0 aliphatic carbocycles. The van der Waals surface area contributed by atoms with Gasteiger partial charge in [-0.15, -0.1) is 0 Å². The highest BCUT2D eigenvalue weighted by Crippen LogP contribution is 2.25. The molecule has 1 heterocycles. The number of methoxy groups -OCH3 is 1. The number of hydrogen-bond acceptors (Lipinski definition) is 6. The van der Waals surface area contributed by atoms with E-state index in [0.717, 1.165) is 0 Å². The van der Waals surface area contributed by atoms with Crippen LogP contribution in [0.3, 0.4) is 0 Å². The highest BCUT2D eigenvalue weighted by Gasteiger charge is 2.30. The number of nitro groups is 1. The molecule has 9 nitrogen and oxygen atoms in total. The first-order valence-corrected chi connectivity index (χ1v) is 8.72. The summed E-state index contributed by atoms with van der Waals surface area (Å²) in [4.78, 5) is 37.0. The Kier molecular flexibility index (Phi) is 6.24. The number of likely N-dealkylation sites (tertiary alicyclic amines) is 1. The molecule has 1 aromatic carbocycles. The third kappa shape index (κ3) is 5.57. The molecular weight excluding hydrogens is 354 g/mol. The van der Waals surface area contributed by atoms with E-state index in [9.17, 15) is 19.7 Å². The molecule has 1 aromatic rings. The lowest BCUT2D eigenvalue weighted by Crippen LogP contribution is -2.50. The minimum atomic E-state index is -0.620. The summed E-state index contributed by atoms with van der Waals surface area (Å²) in [7, 11) is 1.39. The quantitative estimate of drug-likeness (QED) is 0.636. The maximum atomic E-state index is 12.6. The van der Waals surface area contributed by atoms with E-state index in [-0.39, 0.29) is 17.3 Å². The second kappa shape index (κ2) is 8.24. The Hall–Kier alpha value is -2.84. The molecule has 0 aromatic heterocycles. The molecule has 1 aliphatic heterocycles. The fourth-order valence-electron chi connectivity index (χ4n) is 2.83. The predicted molar refractivity (Wildman–Crippen MR) is 97.9 cm³/mol. The average molecular weight is 379 g/mol. The van der Waals surface area contributed by atoms with Crippen molar-refractivity contribution in [1.29, 1.82) is 0 Å². The fourth-order valence-corrected chi connectivity index (χ4v) is 2.83. The first-order valence-electron chi connectivity index (χ1n) is 8.72. The van der Waals surface area contributed by atoms with Crippen LogP contribution in [0.25, 0.3) is 0 Å². The summed E-state index contributed by atoms with van der Waals surface area (Å²) < 4.78 is 10.3. The number of nitrogens with one attached hydrogen (secondary N) is 1. The van der Waals surface area contributed by atoms with Gasteiger partial charge in [0.2, 0.25) is 0 Å². The molecule has 0 spiro atoms. The van der Waals surface area contributed by atoms with Gasteiger partial charge >= 0.3 is 6.09 Å². The van der Waals surface area contributed by atoms with Gasteiger partial charge in [0, 0.05) is 19.1 Å². The largest absolute Gasteiger partial charge is 0.497 e. The Morgan fingerprint density at radius 3 is 2.63 bits per heavy atom. The van der Waals surface area contributed by atoms with Crippen molar-refractivity contribution in [2.75, 3.05) is 20.2 Å². The number of nitro benzene ring substituents is 1. The summed E-state index contributed by atoms with van der Waals surface area (Å²) in [5.74, 6) is -0.257. The van der Waals surface area contributed by atoms with Gasteiger partial charge in [-0.2, -0.15) is 0 Å². The van der Waals surface area contributed by atoms with Gasteiger partial charge in [0.05, 0.1) is 18.1 Å². The van der Waals surface area contributed by atoms with Crippen molar-refractivity contribution in [2.45, 2.75) is 45.3 Å². The molecule has 0 bridgehead atoms. The van der Waals surface area contributed by atoms with E-state index >= 15 is 0 Å². The molecular formula is C18H25N3O6. The van der Waals surface area contributed by atoms with Gasteiger partial charge in [-0.1, -0.05) is 0 Å². The summed E-state index contributed by atoms with van der Waals surface area (Å²) >= 11 is 0. The van der Waals surface area contributed by atoms with Gasteiger partial charge in [0.15, 0.2) is 0 Å². The van der Waals surface area contributed by atoms with Crippen molar-refractivity contribution in [2.24, 2.45) is 0 Å². The summed E-state index contributed by atoms with van der Waals surface area (Å²) in [6.07, 6.45) is 0.945. The SMILES string of the molecule is COc1ccc(C(=O)NC2CCCN(C(=O)OC(C)(C)C)C2)c([N+](=O)[O-])c1. The average Bonchev–Trinajstić information content (AvgIpc) is 2.59. The third-order valence-electron chi connectivity index (χ3n) is 4.05. The molecule has 2 amide bonds. The molecule has 9 heteroatoms. The third-order valence-corrected chi connectivity index (χ3v) is 4.05. The van der Waals surface area contributed by atoms with E-state index in [0.29, 0.717) is 31.7 Å². The lowest BCUT2D eigenvalue weighted by Gasteiger charge is -2.34. The number of carbonyl (C=O) groups is 2. The first kappa shape index (κ1) is 20.5. The minimum absolute atomic E-state index is 0.0461. The number of rotatable bonds is 4. The highest BCUT2D eigenvalue weighted by atomic mass is 16.6. The zero-order valence-corrected chi connectivity index (χ0v) is 16.0. The van der Waals surface area contributed by atoms with Gasteiger partial charge < -0.3 is 19.7 Å². The molecule has 1 atom stereocenters. The molecule has 148 valence electrons. The molecule has 2 rings (SSSR count). The normalized spacial score (nSPS) is 17.2. The van der Waals surface area contributed by atoms with Crippen LogP contribution in [0.2, 0.25) is 0 Å². The Bertz CT molecular complexity index is 728. The maximum absolute atomic E-state index is 12.6. The second-order valence-electron chi connectivity index (χ2n) is 7.38.